The smallest absolute Gasteiger partial charge is 0.253 e. The maximum Gasteiger partial charge on any atom is 0.253 e. The first-order valence-corrected chi connectivity index (χ1v) is 8.35. The summed E-state index contributed by atoms with van der Waals surface area (Å²) in [5, 5.41) is 3.46. The first-order chi connectivity index (χ1) is 11.5. The van der Waals surface area contributed by atoms with Gasteiger partial charge in [-0.25, -0.2) is 0 Å². The van der Waals surface area contributed by atoms with Gasteiger partial charge in [-0.2, -0.15) is 0 Å². The molecule has 2 amide bonds. The third-order valence-electron chi connectivity index (χ3n) is 4.03. The Bertz CT molecular complexity index is 743. The molecule has 2 heterocycles. The van der Waals surface area contributed by atoms with Gasteiger partial charge in [-0.05, 0) is 43.7 Å². The molecular formula is C18H19ClN2O3. The van der Waals surface area contributed by atoms with Crippen LogP contribution in [0.3, 0.4) is 0 Å². The lowest BCUT2D eigenvalue weighted by Gasteiger charge is -2.21. The minimum Gasteiger partial charge on any atom is -0.469 e. The molecule has 24 heavy (non-hydrogen) atoms. The molecule has 3 rings (SSSR count). The third-order valence-corrected chi connectivity index (χ3v) is 4.27. The van der Waals surface area contributed by atoms with Crippen LogP contribution in [-0.4, -0.2) is 24.4 Å². The average Bonchev–Trinajstić information content (AvgIpc) is 3.18. The molecule has 1 aromatic heterocycles. The molecule has 0 aliphatic carbocycles. The zero-order chi connectivity index (χ0) is 17.1. The SMILES string of the molecule is C[C@H](Cc1ccco1)NC(=O)c1ccc(Cl)cc1N1CCCC1=O. The van der Waals surface area contributed by atoms with E-state index in [0.717, 1.165) is 12.2 Å². The summed E-state index contributed by atoms with van der Waals surface area (Å²) in [7, 11) is 0. The summed E-state index contributed by atoms with van der Waals surface area (Å²) >= 11 is 6.07. The third kappa shape index (κ3) is 3.62. The molecule has 6 heteroatoms. The molecule has 1 aromatic carbocycles. The Labute approximate surface area is 145 Å². The number of amides is 2. The van der Waals surface area contributed by atoms with Gasteiger partial charge in [0.2, 0.25) is 5.91 Å². The summed E-state index contributed by atoms with van der Waals surface area (Å²) in [6.45, 7) is 2.53. The Hall–Kier alpha value is -2.27. The van der Waals surface area contributed by atoms with E-state index in [1.807, 2.05) is 19.1 Å². The van der Waals surface area contributed by atoms with Crippen LogP contribution in [-0.2, 0) is 11.2 Å². The maximum absolute atomic E-state index is 12.7. The van der Waals surface area contributed by atoms with Crippen LogP contribution in [0.15, 0.2) is 41.0 Å². The van der Waals surface area contributed by atoms with Gasteiger partial charge >= 0.3 is 0 Å². The molecule has 0 saturated carbocycles. The van der Waals surface area contributed by atoms with E-state index in [4.69, 9.17) is 16.0 Å². The summed E-state index contributed by atoms with van der Waals surface area (Å²) in [5.74, 6) is 0.615. The Morgan fingerprint density at radius 2 is 2.25 bits per heavy atom. The van der Waals surface area contributed by atoms with Crippen LogP contribution in [0.5, 0.6) is 0 Å². The minimum absolute atomic E-state index is 0.0231. The number of rotatable bonds is 5. The zero-order valence-corrected chi connectivity index (χ0v) is 14.2. The molecule has 126 valence electrons. The molecule has 0 unspecified atom stereocenters. The highest BCUT2D eigenvalue weighted by atomic mass is 35.5. The van der Waals surface area contributed by atoms with Crippen molar-refractivity contribution < 1.29 is 14.0 Å². The molecular weight excluding hydrogens is 328 g/mol. The number of nitrogens with one attached hydrogen (secondary N) is 1. The molecule has 2 aromatic rings. The van der Waals surface area contributed by atoms with Crippen molar-refractivity contribution in [3.63, 3.8) is 0 Å². The number of hydrogen-bond acceptors (Lipinski definition) is 3. The van der Waals surface area contributed by atoms with E-state index in [1.165, 1.54) is 0 Å². The fraction of sp³-hybridized carbons (Fsp3) is 0.333. The van der Waals surface area contributed by atoms with Crippen molar-refractivity contribution in [1.82, 2.24) is 5.32 Å². The van der Waals surface area contributed by atoms with Gasteiger partial charge in [-0.15, -0.1) is 0 Å². The average molecular weight is 347 g/mol. The van der Waals surface area contributed by atoms with Crippen molar-refractivity contribution in [3.05, 3.63) is 52.9 Å². The molecule has 1 saturated heterocycles. The number of benzene rings is 1. The van der Waals surface area contributed by atoms with Crippen molar-refractivity contribution in [2.75, 3.05) is 11.4 Å². The van der Waals surface area contributed by atoms with E-state index < -0.39 is 0 Å². The van der Waals surface area contributed by atoms with Crippen LogP contribution in [0.25, 0.3) is 0 Å². The van der Waals surface area contributed by atoms with Gasteiger partial charge in [-0.3, -0.25) is 9.59 Å². The van der Waals surface area contributed by atoms with E-state index in [2.05, 4.69) is 5.32 Å². The second-order valence-electron chi connectivity index (χ2n) is 5.97. The van der Waals surface area contributed by atoms with Crippen molar-refractivity contribution >= 4 is 29.1 Å². The van der Waals surface area contributed by atoms with Crippen LogP contribution in [0, 0.1) is 0 Å². The van der Waals surface area contributed by atoms with E-state index in [1.54, 1.807) is 29.4 Å². The van der Waals surface area contributed by atoms with Crippen LogP contribution in [0.2, 0.25) is 5.02 Å². The van der Waals surface area contributed by atoms with Crippen LogP contribution in [0.1, 0.15) is 35.9 Å². The monoisotopic (exact) mass is 346 g/mol. The second kappa shape index (κ2) is 7.09. The lowest BCUT2D eigenvalue weighted by molar-refractivity contribution is -0.117. The molecule has 1 fully saturated rings. The Morgan fingerprint density at radius 1 is 1.42 bits per heavy atom. The van der Waals surface area contributed by atoms with Gasteiger partial charge in [-0.1, -0.05) is 11.6 Å². The first kappa shape index (κ1) is 16.6. The zero-order valence-electron chi connectivity index (χ0n) is 13.4. The number of halogens is 1. The van der Waals surface area contributed by atoms with Gasteiger partial charge in [0.1, 0.15) is 5.76 Å². The van der Waals surface area contributed by atoms with Crippen molar-refractivity contribution in [1.29, 1.82) is 0 Å². The van der Waals surface area contributed by atoms with Gasteiger partial charge in [0, 0.05) is 30.5 Å². The van der Waals surface area contributed by atoms with Gasteiger partial charge < -0.3 is 14.6 Å². The first-order valence-electron chi connectivity index (χ1n) is 7.98. The summed E-state index contributed by atoms with van der Waals surface area (Å²) in [4.78, 5) is 26.3. The lowest BCUT2D eigenvalue weighted by Crippen LogP contribution is -2.35. The number of hydrogen-bond donors (Lipinski definition) is 1. The molecule has 1 N–H and O–H groups in total. The predicted molar refractivity (Wildman–Crippen MR) is 92.4 cm³/mol. The van der Waals surface area contributed by atoms with Crippen molar-refractivity contribution in [2.45, 2.75) is 32.2 Å². The van der Waals surface area contributed by atoms with Crippen molar-refractivity contribution in [2.24, 2.45) is 0 Å². The molecule has 0 radical (unpaired) electrons. The Kier molecular flexibility index (Phi) is 4.90. The number of anilines is 1. The molecule has 5 nitrogen and oxygen atoms in total. The fourth-order valence-corrected chi connectivity index (χ4v) is 3.07. The molecule has 1 aliphatic rings. The standard InChI is InChI=1S/C18H19ClN2O3/c1-12(10-14-4-3-9-24-14)20-18(23)15-7-6-13(19)11-16(15)21-8-2-5-17(21)22/h3-4,6-7,9,11-12H,2,5,8,10H2,1H3,(H,20,23)/t12-/m1/s1. The largest absolute Gasteiger partial charge is 0.469 e. The number of carbonyl (C=O) groups is 2. The Morgan fingerprint density at radius 3 is 2.92 bits per heavy atom. The topological polar surface area (TPSA) is 62.6 Å². The Balaban J connectivity index is 1.78. The molecule has 1 aliphatic heterocycles. The van der Waals surface area contributed by atoms with Gasteiger partial charge in [0.15, 0.2) is 0 Å². The van der Waals surface area contributed by atoms with E-state index >= 15 is 0 Å². The molecule has 0 spiro atoms. The van der Waals surface area contributed by atoms with Crippen LogP contribution < -0.4 is 10.2 Å². The van der Waals surface area contributed by atoms with Gasteiger partial charge in [0.05, 0.1) is 17.5 Å². The lowest BCUT2D eigenvalue weighted by atomic mass is 10.1. The van der Waals surface area contributed by atoms with Crippen molar-refractivity contribution in [3.8, 4) is 0 Å². The van der Waals surface area contributed by atoms with Crippen LogP contribution in [0.4, 0.5) is 5.69 Å². The quantitative estimate of drug-likeness (QED) is 0.902. The summed E-state index contributed by atoms with van der Waals surface area (Å²) < 4.78 is 5.30. The van der Waals surface area contributed by atoms with E-state index in [0.29, 0.717) is 35.7 Å². The number of furan rings is 1. The summed E-state index contributed by atoms with van der Waals surface area (Å²) in [5.41, 5.74) is 1.04. The fourth-order valence-electron chi connectivity index (χ4n) is 2.91. The van der Waals surface area contributed by atoms with Crippen LogP contribution >= 0.6 is 11.6 Å². The molecule has 1 atom stereocenters. The highest BCUT2D eigenvalue weighted by Crippen LogP contribution is 2.28. The summed E-state index contributed by atoms with van der Waals surface area (Å²) in [6.07, 6.45) is 3.51. The summed E-state index contributed by atoms with van der Waals surface area (Å²) in [6, 6.07) is 8.60. The minimum atomic E-state index is -0.222. The highest BCUT2D eigenvalue weighted by Gasteiger charge is 2.26. The maximum atomic E-state index is 12.7. The van der Waals surface area contributed by atoms with Gasteiger partial charge in [0.25, 0.3) is 5.91 Å². The highest BCUT2D eigenvalue weighted by molar-refractivity contribution is 6.31. The van der Waals surface area contributed by atoms with E-state index in [9.17, 15) is 9.59 Å². The second-order valence-corrected chi connectivity index (χ2v) is 6.40. The molecule has 0 bridgehead atoms. The predicted octanol–water partition coefficient (Wildman–Crippen LogP) is 3.42. The normalized spacial score (nSPS) is 15.6. The number of nitrogens with zero attached hydrogens (tertiary/aromatic N) is 1. The number of carbonyl (C=O) groups excluding carboxylic acids is 2. The van der Waals surface area contributed by atoms with E-state index in [-0.39, 0.29) is 17.9 Å².